The number of nitriles is 1. The summed E-state index contributed by atoms with van der Waals surface area (Å²) in [6.45, 7) is 0. The van der Waals surface area contributed by atoms with Crippen molar-refractivity contribution in [2.24, 2.45) is 0 Å². The van der Waals surface area contributed by atoms with Crippen LogP contribution in [0.4, 0.5) is 11.5 Å². The average molecular weight is 367 g/mol. The lowest BCUT2D eigenvalue weighted by Gasteiger charge is -2.08. The van der Waals surface area contributed by atoms with Gasteiger partial charge in [-0.1, -0.05) is 12.1 Å². The Morgan fingerprint density at radius 3 is 2.56 bits per heavy atom. The van der Waals surface area contributed by atoms with Gasteiger partial charge in [-0.15, -0.1) is 0 Å². The fraction of sp³-hybridized carbons (Fsp3) is 0.0769. The van der Waals surface area contributed by atoms with E-state index >= 15 is 0 Å². The Labute approximate surface area is 122 Å². The summed E-state index contributed by atoms with van der Waals surface area (Å²) in [5, 5.41) is 11.8. The molecule has 1 aromatic carbocycles. The second kappa shape index (κ2) is 5.98. The lowest BCUT2D eigenvalue weighted by Crippen LogP contribution is -1.94. The lowest BCUT2D eigenvalue weighted by atomic mass is 10.1. The summed E-state index contributed by atoms with van der Waals surface area (Å²) >= 11 is 6.80. The summed E-state index contributed by atoms with van der Waals surface area (Å²) in [5.41, 5.74) is 1.94. The Balaban J connectivity index is 2.16. The fourth-order valence-electron chi connectivity index (χ4n) is 1.44. The van der Waals surface area contributed by atoms with Crippen LogP contribution in [0.15, 0.2) is 45.5 Å². The molecular weight excluding hydrogens is 358 g/mol. The number of benzene rings is 1. The smallest absolute Gasteiger partial charge is 0.144 e. The van der Waals surface area contributed by atoms with Gasteiger partial charge in [-0.3, -0.25) is 0 Å². The van der Waals surface area contributed by atoms with Crippen molar-refractivity contribution in [3.8, 4) is 6.07 Å². The van der Waals surface area contributed by atoms with Crippen molar-refractivity contribution in [1.82, 2.24) is 4.98 Å². The van der Waals surface area contributed by atoms with Gasteiger partial charge in [0.2, 0.25) is 0 Å². The van der Waals surface area contributed by atoms with E-state index in [2.05, 4.69) is 48.2 Å². The van der Waals surface area contributed by atoms with E-state index in [1.54, 1.807) is 6.20 Å². The van der Waals surface area contributed by atoms with Crippen LogP contribution in [-0.4, -0.2) is 4.98 Å². The molecule has 0 aliphatic rings. The second-order valence-electron chi connectivity index (χ2n) is 3.64. The van der Waals surface area contributed by atoms with E-state index < -0.39 is 0 Å². The maximum absolute atomic E-state index is 8.60. The van der Waals surface area contributed by atoms with Crippen molar-refractivity contribution in [1.29, 1.82) is 5.26 Å². The monoisotopic (exact) mass is 365 g/mol. The SMILES string of the molecule is N#CCc1ccc(Nc2ncc(Br)cc2Br)cc1. The van der Waals surface area contributed by atoms with Gasteiger partial charge in [0.15, 0.2) is 0 Å². The zero-order valence-electron chi connectivity index (χ0n) is 9.32. The zero-order chi connectivity index (χ0) is 13.0. The highest BCUT2D eigenvalue weighted by molar-refractivity contribution is 9.11. The summed E-state index contributed by atoms with van der Waals surface area (Å²) in [6.07, 6.45) is 2.16. The van der Waals surface area contributed by atoms with Gasteiger partial charge in [0.25, 0.3) is 0 Å². The van der Waals surface area contributed by atoms with Gasteiger partial charge >= 0.3 is 0 Å². The van der Waals surface area contributed by atoms with Crippen molar-refractivity contribution in [2.45, 2.75) is 6.42 Å². The molecule has 0 spiro atoms. The lowest BCUT2D eigenvalue weighted by molar-refractivity contribution is 1.25. The van der Waals surface area contributed by atoms with Crippen LogP contribution in [-0.2, 0) is 6.42 Å². The molecule has 2 aromatic rings. The molecule has 1 N–H and O–H groups in total. The molecule has 1 aromatic heterocycles. The number of rotatable bonds is 3. The number of nitrogens with one attached hydrogen (secondary N) is 1. The molecule has 0 amide bonds. The van der Waals surface area contributed by atoms with E-state index in [0.717, 1.165) is 26.0 Å². The number of aromatic nitrogens is 1. The van der Waals surface area contributed by atoms with E-state index in [9.17, 15) is 0 Å². The third kappa shape index (κ3) is 3.31. The number of anilines is 2. The molecule has 0 aliphatic heterocycles. The Kier molecular flexibility index (Phi) is 4.34. The summed E-state index contributed by atoms with van der Waals surface area (Å²) < 4.78 is 1.81. The number of nitrogens with zero attached hydrogens (tertiary/aromatic N) is 2. The third-order valence-electron chi connectivity index (χ3n) is 2.31. The Hall–Kier alpha value is -1.38. The molecule has 0 fully saturated rings. The zero-order valence-corrected chi connectivity index (χ0v) is 12.5. The number of hydrogen-bond donors (Lipinski definition) is 1. The highest BCUT2D eigenvalue weighted by Crippen LogP contribution is 2.26. The van der Waals surface area contributed by atoms with Crippen molar-refractivity contribution < 1.29 is 0 Å². The molecule has 5 heteroatoms. The van der Waals surface area contributed by atoms with E-state index in [4.69, 9.17) is 5.26 Å². The molecule has 0 saturated heterocycles. The first-order valence-electron chi connectivity index (χ1n) is 5.23. The molecular formula is C13H9Br2N3. The van der Waals surface area contributed by atoms with Crippen LogP contribution < -0.4 is 5.32 Å². The minimum atomic E-state index is 0.431. The van der Waals surface area contributed by atoms with Gasteiger partial charge in [0.1, 0.15) is 5.82 Å². The molecule has 18 heavy (non-hydrogen) atoms. The van der Waals surface area contributed by atoms with Crippen molar-refractivity contribution in [2.75, 3.05) is 5.32 Å². The highest BCUT2D eigenvalue weighted by Gasteiger charge is 2.02. The molecule has 0 atom stereocenters. The fourth-order valence-corrected chi connectivity index (χ4v) is 2.53. The summed E-state index contributed by atoms with van der Waals surface area (Å²) in [7, 11) is 0. The predicted octanol–water partition coefficient (Wildman–Crippen LogP) is 4.42. The molecule has 90 valence electrons. The normalized spacial score (nSPS) is 9.83. The molecule has 0 saturated carbocycles. The van der Waals surface area contributed by atoms with Crippen LogP contribution in [0.1, 0.15) is 5.56 Å². The third-order valence-corrected chi connectivity index (χ3v) is 3.35. The van der Waals surface area contributed by atoms with Crippen LogP contribution >= 0.6 is 31.9 Å². The minimum absolute atomic E-state index is 0.431. The van der Waals surface area contributed by atoms with Crippen molar-refractivity contribution >= 4 is 43.4 Å². The van der Waals surface area contributed by atoms with Crippen molar-refractivity contribution in [3.63, 3.8) is 0 Å². The van der Waals surface area contributed by atoms with Gasteiger partial charge in [0, 0.05) is 16.4 Å². The molecule has 1 heterocycles. The molecule has 0 bridgehead atoms. The molecule has 3 nitrogen and oxygen atoms in total. The van der Waals surface area contributed by atoms with Crippen molar-refractivity contribution in [3.05, 3.63) is 51.0 Å². The summed E-state index contributed by atoms with van der Waals surface area (Å²) in [6, 6.07) is 11.8. The van der Waals surface area contributed by atoms with Crippen LogP contribution in [0.5, 0.6) is 0 Å². The second-order valence-corrected chi connectivity index (χ2v) is 5.41. The molecule has 0 unspecified atom stereocenters. The predicted molar refractivity (Wildman–Crippen MR) is 78.7 cm³/mol. The van der Waals surface area contributed by atoms with E-state index in [-0.39, 0.29) is 0 Å². The van der Waals surface area contributed by atoms with E-state index in [0.29, 0.717) is 6.42 Å². The van der Waals surface area contributed by atoms with E-state index in [1.165, 1.54) is 0 Å². The first-order valence-corrected chi connectivity index (χ1v) is 6.81. The number of pyridine rings is 1. The first-order chi connectivity index (χ1) is 8.69. The van der Waals surface area contributed by atoms with Crippen LogP contribution in [0.25, 0.3) is 0 Å². The average Bonchev–Trinajstić information content (AvgIpc) is 2.35. The molecule has 2 rings (SSSR count). The maximum Gasteiger partial charge on any atom is 0.144 e. The highest BCUT2D eigenvalue weighted by atomic mass is 79.9. The Morgan fingerprint density at radius 2 is 1.94 bits per heavy atom. The Morgan fingerprint density at radius 1 is 1.22 bits per heavy atom. The molecule has 0 radical (unpaired) electrons. The van der Waals surface area contributed by atoms with Crippen LogP contribution in [0.3, 0.4) is 0 Å². The van der Waals surface area contributed by atoms with Crippen LogP contribution in [0.2, 0.25) is 0 Å². The largest absolute Gasteiger partial charge is 0.339 e. The van der Waals surface area contributed by atoms with Gasteiger partial charge in [0.05, 0.1) is 17.0 Å². The van der Waals surface area contributed by atoms with Gasteiger partial charge < -0.3 is 5.32 Å². The van der Waals surface area contributed by atoms with Gasteiger partial charge in [-0.05, 0) is 55.6 Å². The summed E-state index contributed by atoms with van der Waals surface area (Å²) in [5.74, 6) is 0.756. The van der Waals surface area contributed by atoms with Crippen LogP contribution in [0, 0.1) is 11.3 Å². The number of hydrogen-bond acceptors (Lipinski definition) is 3. The van der Waals surface area contributed by atoms with Gasteiger partial charge in [-0.2, -0.15) is 5.26 Å². The standard InChI is InChI=1S/C13H9Br2N3/c14-10-7-12(15)13(17-8-10)18-11-3-1-9(2-4-11)5-6-16/h1-4,7-8H,5H2,(H,17,18). The Bertz CT molecular complexity index is 588. The number of halogens is 2. The minimum Gasteiger partial charge on any atom is -0.339 e. The maximum atomic E-state index is 8.60. The van der Waals surface area contributed by atoms with E-state index in [1.807, 2.05) is 30.3 Å². The topological polar surface area (TPSA) is 48.7 Å². The van der Waals surface area contributed by atoms with Gasteiger partial charge in [-0.25, -0.2) is 4.98 Å². The summed E-state index contributed by atoms with van der Waals surface area (Å²) in [4.78, 5) is 4.27. The quantitative estimate of drug-likeness (QED) is 0.874. The molecule has 0 aliphatic carbocycles. The first kappa shape index (κ1) is 13.1.